The molecule has 0 aromatic heterocycles. The van der Waals surface area contributed by atoms with Crippen molar-refractivity contribution in [3.63, 3.8) is 0 Å². The zero-order chi connectivity index (χ0) is 15.8. The second-order valence-corrected chi connectivity index (χ2v) is 5.17. The molecule has 6 nitrogen and oxygen atoms in total. The van der Waals surface area contributed by atoms with E-state index in [0.717, 1.165) is 5.56 Å². The number of carbonyl (C=O) groups is 2. The fraction of sp³-hybridized carbons (Fsp3) is 0.467. The fourth-order valence-electron chi connectivity index (χ4n) is 1.69. The van der Waals surface area contributed by atoms with Crippen LogP contribution in [0.5, 0.6) is 5.75 Å². The molecule has 0 aliphatic carbocycles. The average molecular weight is 295 g/mol. The lowest BCUT2D eigenvalue weighted by molar-refractivity contribution is -0.147. The first-order chi connectivity index (χ1) is 9.88. The Morgan fingerprint density at radius 2 is 1.86 bits per heavy atom. The van der Waals surface area contributed by atoms with Gasteiger partial charge in [0.2, 0.25) is 0 Å². The highest BCUT2D eigenvalue weighted by Crippen LogP contribution is 2.13. The van der Waals surface area contributed by atoms with Gasteiger partial charge in [-0.1, -0.05) is 26.0 Å². The number of hydrogen-bond donors (Lipinski definition) is 2. The molecule has 0 saturated carbocycles. The van der Waals surface area contributed by atoms with Crippen molar-refractivity contribution in [2.75, 3.05) is 6.61 Å². The van der Waals surface area contributed by atoms with Gasteiger partial charge >= 0.3 is 11.9 Å². The standard InChI is InChI=1S/C15H21NO5/c1-10(2)7-13(16)15(19)21-8-11-3-5-12(6-4-11)20-9-14(17)18/h3-6,10,13H,7-9,16H2,1-2H3,(H,17,18)/t13-/m0/s1. The van der Waals surface area contributed by atoms with Crippen molar-refractivity contribution in [3.8, 4) is 5.75 Å². The molecule has 0 radical (unpaired) electrons. The SMILES string of the molecule is CC(C)C[C@H](N)C(=O)OCc1ccc(OCC(=O)O)cc1. The molecule has 21 heavy (non-hydrogen) atoms. The molecule has 0 bridgehead atoms. The minimum atomic E-state index is -1.04. The number of rotatable bonds is 8. The summed E-state index contributed by atoms with van der Waals surface area (Å²) < 4.78 is 10.1. The summed E-state index contributed by atoms with van der Waals surface area (Å²) in [6, 6.07) is 6.06. The normalized spacial score (nSPS) is 12.0. The Morgan fingerprint density at radius 1 is 1.24 bits per heavy atom. The lowest BCUT2D eigenvalue weighted by atomic mass is 10.1. The maximum atomic E-state index is 11.7. The van der Waals surface area contributed by atoms with E-state index in [2.05, 4.69) is 0 Å². The molecule has 3 N–H and O–H groups in total. The van der Waals surface area contributed by atoms with Gasteiger partial charge in [-0.25, -0.2) is 4.79 Å². The lowest BCUT2D eigenvalue weighted by Crippen LogP contribution is -2.33. The smallest absolute Gasteiger partial charge is 0.341 e. The van der Waals surface area contributed by atoms with Crippen LogP contribution in [0.2, 0.25) is 0 Å². The number of esters is 1. The van der Waals surface area contributed by atoms with E-state index < -0.39 is 24.6 Å². The molecule has 0 unspecified atom stereocenters. The van der Waals surface area contributed by atoms with E-state index in [4.69, 9.17) is 20.3 Å². The Balaban J connectivity index is 2.42. The summed E-state index contributed by atoms with van der Waals surface area (Å²) in [5, 5.41) is 8.49. The van der Waals surface area contributed by atoms with Gasteiger partial charge in [0.25, 0.3) is 0 Å². The van der Waals surface area contributed by atoms with E-state index >= 15 is 0 Å². The maximum absolute atomic E-state index is 11.7. The van der Waals surface area contributed by atoms with Crippen LogP contribution in [0.3, 0.4) is 0 Å². The van der Waals surface area contributed by atoms with Gasteiger partial charge in [-0.3, -0.25) is 4.79 Å². The first kappa shape index (κ1) is 17.0. The number of carbonyl (C=O) groups excluding carboxylic acids is 1. The largest absolute Gasteiger partial charge is 0.482 e. The molecular weight excluding hydrogens is 274 g/mol. The van der Waals surface area contributed by atoms with Gasteiger partial charge in [0.05, 0.1) is 0 Å². The van der Waals surface area contributed by atoms with E-state index in [0.29, 0.717) is 18.1 Å². The van der Waals surface area contributed by atoms with Crippen molar-refractivity contribution in [3.05, 3.63) is 29.8 Å². The predicted molar refractivity (Wildman–Crippen MR) is 76.8 cm³/mol. The zero-order valence-electron chi connectivity index (χ0n) is 12.2. The van der Waals surface area contributed by atoms with Crippen LogP contribution >= 0.6 is 0 Å². The van der Waals surface area contributed by atoms with Crippen molar-refractivity contribution in [2.24, 2.45) is 11.7 Å². The van der Waals surface area contributed by atoms with Crippen LogP contribution in [-0.2, 0) is 20.9 Å². The lowest BCUT2D eigenvalue weighted by Gasteiger charge is -2.13. The van der Waals surface area contributed by atoms with Crippen molar-refractivity contribution < 1.29 is 24.2 Å². The zero-order valence-corrected chi connectivity index (χ0v) is 12.2. The summed E-state index contributed by atoms with van der Waals surface area (Å²) >= 11 is 0. The Morgan fingerprint density at radius 3 is 2.38 bits per heavy atom. The molecule has 0 aliphatic rings. The molecule has 0 heterocycles. The van der Waals surface area contributed by atoms with Gasteiger partial charge in [-0.05, 0) is 30.0 Å². The van der Waals surface area contributed by atoms with Crippen molar-refractivity contribution >= 4 is 11.9 Å². The number of hydrogen-bond acceptors (Lipinski definition) is 5. The fourth-order valence-corrected chi connectivity index (χ4v) is 1.69. The Hall–Kier alpha value is -2.08. The van der Waals surface area contributed by atoms with E-state index in [-0.39, 0.29) is 6.61 Å². The average Bonchev–Trinajstić information content (AvgIpc) is 2.42. The van der Waals surface area contributed by atoms with Gasteiger partial charge in [-0.15, -0.1) is 0 Å². The van der Waals surface area contributed by atoms with Crippen molar-refractivity contribution in [1.82, 2.24) is 0 Å². The monoisotopic (exact) mass is 295 g/mol. The molecule has 0 saturated heterocycles. The van der Waals surface area contributed by atoms with Crippen LogP contribution in [0.25, 0.3) is 0 Å². The molecular formula is C15H21NO5. The Kier molecular flexibility index (Phi) is 6.68. The third kappa shape index (κ3) is 6.76. The van der Waals surface area contributed by atoms with E-state index in [1.807, 2.05) is 13.8 Å². The summed E-state index contributed by atoms with van der Waals surface area (Å²) in [6.07, 6.45) is 0.584. The second kappa shape index (κ2) is 8.26. The highest BCUT2D eigenvalue weighted by atomic mass is 16.5. The van der Waals surface area contributed by atoms with Crippen LogP contribution < -0.4 is 10.5 Å². The van der Waals surface area contributed by atoms with Crippen molar-refractivity contribution in [1.29, 1.82) is 0 Å². The number of nitrogens with two attached hydrogens (primary N) is 1. The first-order valence-corrected chi connectivity index (χ1v) is 6.74. The number of carboxylic acid groups (broad SMARTS) is 1. The van der Waals surface area contributed by atoms with Crippen LogP contribution in [0, 0.1) is 5.92 Å². The first-order valence-electron chi connectivity index (χ1n) is 6.74. The second-order valence-electron chi connectivity index (χ2n) is 5.17. The predicted octanol–water partition coefficient (Wildman–Crippen LogP) is 1.57. The highest BCUT2D eigenvalue weighted by Gasteiger charge is 2.16. The van der Waals surface area contributed by atoms with Crippen molar-refractivity contribution in [2.45, 2.75) is 32.9 Å². The molecule has 0 aliphatic heterocycles. The summed E-state index contributed by atoms with van der Waals surface area (Å²) in [5.41, 5.74) is 6.50. The summed E-state index contributed by atoms with van der Waals surface area (Å²) in [4.78, 5) is 22.0. The highest BCUT2D eigenvalue weighted by molar-refractivity contribution is 5.75. The molecule has 116 valence electrons. The van der Waals surface area contributed by atoms with Crippen LogP contribution in [0.1, 0.15) is 25.8 Å². The Labute approximate surface area is 123 Å². The topological polar surface area (TPSA) is 98.9 Å². The quantitative estimate of drug-likeness (QED) is 0.706. The molecule has 0 amide bonds. The molecule has 0 spiro atoms. The molecule has 6 heteroatoms. The summed E-state index contributed by atoms with van der Waals surface area (Å²) in [6.45, 7) is 3.72. The van der Waals surface area contributed by atoms with Crippen LogP contribution in [0.15, 0.2) is 24.3 Å². The minimum absolute atomic E-state index is 0.129. The summed E-state index contributed by atoms with van der Waals surface area (Å²) in [5.74, 6) is -0.677. The van der Waals surface area contributed by atoms with Gasteiger partial charge in [-0.2, -0.15) is 0 Å². The third-order valence-corrected chi connectivity index (χ3v) is 2.69. The molecule has 0 fully saturated rings. The maximum Gasteiger partial charge on any atom is 0.341 e. The van der Waals surface area contributed by atoms with Gasteiger partial charge in [0.15, 0.2) is 6.61 Å². The third-order valence-electron chi connectivity index (χ3n) is 2.69. The molecule has 1 rings (SSSR count). The minimum Gasteiger partial charge on any atom is -0.482 e. The molecule has 1 aromatic carbocycles. The summed E-state index contributed by atoms with van der Waals surface area (Å²) in [7, 11) is 0. The van der Waals surface area contributed by atoms with E-state index in [1.165, 1.54) is 0 Å². The molecule has 1 aromatic rings. The van der Waals surface area contributed by atoms with Crippen LogP contribution in [0.4, 0.5) is 0 Å². The Bertz CT molecular complexity index is 469. The molecule has 1 atom stereocenters. The van der Waals surface area contributed by atoms with E-state index in [1.54, 1.807) is 24.3 Å². The number of carboxylic acids is 1. The van der Waals surface area contributed by atoms with E-state index in [9.17, 15) is 9.59 Å². The number of benzene rings is 1. The van der Waals surface area contributed by atoms with Gasteiger partial charge < -0.3 is 20.3 Å². The van der Waals surface area contributed by atoms with Gasteiger partial charge in [0.1, 0.15) is 18.4 Å². The van der Waals surface area contributed by atoms with Crippen LogP contribution in [-0.4, -0.2) is 29.7 Å². The van der Waals surface area contributed by atoms with Gasteiger partial charge in [0, 0.05) is 0 Å². The number of aliphatic carboxylic acids is 1. The number of ether oxygens (including phenoxy) is 2.